The Bertz CT molecular complexity index is 1850. The van der Waals surface area contributed by atoms with Crippen LogP contribution in [-0.4, -0.2) is 66.4 Å². The molecule has 1 saturated carbocycles. The van der Waals surface area contributed by atoms with Gasteiger partial charge in [0, 0.05) is 49.1 Å². The molecule has 8 heteroatoms. The van der Waals surface area contributed by atoms with Gasteiger partial charge < -0.3 is 14.4 Å². The van der Waals surface area contributed by atoms with E-state index in [-0.39, 0.29) is 61.0 Å². The van der Waals surface area contributed by atoms with E-state index >= 15 is 4.79 Å². The highest BCUT2D eigenvalue weighted by Gasteiger charge is 2.48. The third-order valence-corrected chi connectivity index (χ3v) is 15.2. The topological polar surface area (TPSA) is 90.0 Å². The number of benzene rings is 4. The van der Waals surface area contributed by atoms with Gasteiger partial charge in [0.15, 0.2) is 18.2 Å². The second-order valence-electron chi connectivity index (χ2n) is 13.7. The monoisotopic (exact) mass is 729 g/mol. The molecule has 2 unspecified atom stereocenters. The summed E-state index contributed by atoms with van der Waals surface area (Å²) in [6, 6.07) is 37.6. The molecule has 1 heterocycles. The Morgan fingerprint density at radius 1 is 0.830 bits per heavy atom. The number of carbonyl (C=O) groups is 4. The van der Waals surface area contributed by atoms with Crippen LogP contribution in [0.15, 0.2) is 128 Å². The Labute approximate surface area is 313 Å². The SMILES string of the molecule is C=CCCC(=O)C(C1CC(=O)[C@H](CC)C1CC(=O)c1ccc(OCC(=O)N2CCOCC2)cc1)=P(c1ccccc1)(c1ccccc1)c1ccccc1. The summed E-state index contributed by atoms with van der Waals surface area (Å²) in [5.41, 5.74) is 0.500. The van der Waals surface area contributed by atoms with Crippen molar-refractivity contribution in [3.8, 4) is 5.75 Å². The largest absolute Gasteiger partial charge is 0.484 e. The molecule has 2 fully saturated rings. The summed E-state index contributed by atoms with van der Waals surface area (Å²) in [6.07, 6.45) is 3.47. The molecule has 6 rings (SSSR count). The third kappa shape index (κ3) is 8.22. The Morgan fingerprint density at radius 3 is 1.89 bits per heavy atom. The van der Waals surface area contributed by atoms with Gasteiger partial charge >= 0.3 is 0 Å². The predicted octanol–water partition coefficient (Wildman–Crippen LogP) is 6.43. The second-order valence-corrected chi connectivity index (χ2v) is 17.1. The molecule has 0 N–H and O–H groups in total. The molecule has 4 aromatic carbocycles. The average molecular weight is 730 g/mol. The molecule has 1 aliphatic carbocycles. The fourth-order valence-electron chi connectivity index (χ4n) is 8.09. The molecule has 0 radical (unpaired) electrons. The van der Waals surface area contributed by atoms with Crippen LogP contribution in [0.4, 0.5) is 0 Å². The maximum absolute atomic E-state index is 15.0. The second kappa shape index (κ2) is 17.8. The van der Waals surface area contributed by atoms with Crippen molar-refractivity contribution in [1.29, 1.82) is 0 Å². The Balaban J connectivity index is 1.43. The first-order valence-corrected chi connectivity index (χ1v) is 20.4. The van der Waals surface area contributed by atoms with Gasteiger partial charge in [-0.3, -0.25) is 19.2 Å². The smallest absolute Gasteiger partial charge is 0.260 e. The van der Waals surface area contributed by atoms with E-state index in [4.69, 9.17) is 9.47 Å². The molecule has 1 aliphatic heterocycles. The van der Waals surface area contributed by atoms with Crippen LogP contribution in [0.2, 0.25) is 0 Å². The van der Waals surface area contributed by atoms with E-state index in [0.29, 0.717) is 50.5 Å². The van der Waals surface area contributed by atoms with Crippen LogP contribution < -0.4 is 20.7 Å². The Kier molecular flexibility index (Phi) is 12.7. The van der Waals surface area contributed by atoms with Crippen molar-refractivity contribution in [2.24, 2.45) is 17.8 Å². The minimum absolute atomic E-state index is 0.0231. The number of allylic oxidation sites excluding steroid dienone is 1. The Hall–Kier alpha value is -4.84. The number of nitrogens with zero attached hydrogens (tertiary/aromatic N) is 1. The summed E-state index contributed by atoms with van der Waals surface area (Å²) in [7, 11) is 0. The zero-order valence-corrected chi connectivity index (χ0v) is 31.3. The van der Waals surface area contributed by atoms with Gasteiger partial charge in [0.05, 0.1) is 13.2 Å². The summed E-state index contributed by atoms with van der Waals surface area (Å²) in [6.45, 7) is 5.11. The number of hydrogen-bond acceptors (Lipinski definition) is 6. The summed E-state index contributed by atoms with van der Waals surface area (Å²) in [5, 5.41) is 3.89. The summed E-state index contributed by atoms with van der Waals surface area (Å²) in [4.78, 5) is 57.5. The van der Waals surface area contributed by atoms with Crippen molar-refractivity contribution < 1.29 is 28.7 Å². The molecule has 53 heavy (non-hydrogen) atoms. The lowest BCUT2D eigenvalue weighted by Gasteiger charge is -2.36. The fourth-order valence-corrected chi connectivity index (χ4v) is 12.9. The number of carbonyl (C=O) groups excluding carboxylic acids is 4. The van der Waals surface area contributed by atoms with E-state index < -0.39 is 12.8 Å². The first kappa shape index (κ1) is 37.9. The van der Waals surface area contributed by atoms with E-state index in [0.717, 1.165) is 21.2 Å². The molecule has 0 aromatic heterocycles. The number of ketones is 3. The number of ether oxygens (including phenoxy) is 2. The van der Waals surface area contributed by atoms with Gasteiger partial charge in [0.2, 0.25) is 0 Å². The number of rotatable bonds is 15. The average Bonchev–Trinajstić information content (AvgIpc) is 3.52. The minimum atomic E-state index is -2.84. The maximum atomic E-state index is 15.0. The molecular weight excluding hydrogens is 681 g/mol. The van der Waals surface area contributed by atoms with Gasteiger partial charge in [-0.1, -0.05) is 104 Å². The van der Waals surface area contributed by atoms with E-state index in [9.17, 15) is 14.4 Å². The van der Waals surface area contributed by atoms with Gasteiger partial charge in [-0.25, -0.2) is 0 Å². The summed E-state index contributed by atoms with van der Waals surface area (Å²) >= 11 is 0. The van der Waals surface area contributed by atoms with Gasteiger partial charge in [-0.2, -0.15) is 0 Å². The lowest BCUT2D eigenvalue weighted by atomic mass is 9.80. The van der Waals surface area contributed by atoms with Gasteiger partial charge in [0.25, 0.3) is 5.91 Å². The normalized spacial score (nSPS) is 18.7. The molecule has 3 atom stereocenters. The Morgan fingerprint density at radius 2 is 1.38 bits per heavy atom. The minimum Gasteiger partial charge on any atom is -0.484 e. The first-order valence-electron chi connectivity index (χ1n) is 18.6. The lowest BCUT2D eigenvalue weighted by Crippen LogP contribution is -2.42. The number of morpholine rings is 1. The van der Waals surface area contributed by atoms with Crippen molar-refractivity contribution in [2.45, 2.75) is 39.0 Å². The van der Waals surface area contributed by atoms with E-state index in [1.165, 1.54) is 0 Å². The van der Waals surface area contributed by atoms with Crippen LogP contribution in [0.3, 0.4) is 0 Å². The molecule has 0 bridgehead atoms. The van der Waals surface area contributed by atoms with Crippen LogP contribution in [0.25, 0.3) is 0 Å². The zero-order chi connectivity index (χ0) is 37.2. The van der Waals surface area contributed by atoms with Gasteiger partial charge in [0.1, 0.15) is 11.5 Å². The van der Waals surface area contributed by atoms with Crippen LogP contribution in [-0.2, 0) is 19.1 Å². The predicted molar refractivity (Wildman–Crippen MR) is 213 cm³/mol. The van der Waals surface area contributed by atoms with Crippen molar-refractivity contribution in [2.75, 3.05) is 32.9 Å². The molecule has 1 saturated heterocycles. The van der Waals surface area contributed by atoms with Crippen LogP contribution >= 0.6 is 6.89 Å². The molecular formula is C45H48NO6P. The highest BCUT2D eigenvalue weighted by molar-refractivity contribution is 7.96. The molecule has 7 nitrogen and oxygen atoms in total. The third-order valence-electron chi connectivity index (χ3n) is 10.6. The van der Waals surface area contributed by atoms with E-state index in [2.05, 4.69) is 43.0 Å². The number of amides is 1. The summed E-state index contributed by atoms with van der Waals surface area (Å²) < 4.78 is 11.1. The number of hydrogen-bond donors (Lipinski definition) is 0. The quantitative estimate of drug-likeness (QED) is 0.0797. The summed E-state index contributed by atoms with van der Waals surface area (Å²) in [5.74, 6) is -0.729. The zero-order valence-electron chi connectivity index (χ0n) is 30.4. The van der Waals surface area contributed by atoms with Gasteiger partial charge in [-0.05, 0) is 71.7 Å². The van der Waals surface area contributed by atoms with E-state index in [1.807, 2.05) is 61.5 Å². The van der Waals surface area contributed by atoms with Crippen molar-refractivity contribution in [1.82, 2.24) is 4.90 Å². The number of Topliss-reactive ketones (excluding diaryl/α,β-unsaturated/α-hetero) is 3. The first-order chi connectivity index (χ1) is 25.9. The highest BCUT2D eigenvalue weighted by atomic mass is 31.2. The van der Waals surface area contributed by atoms with Crippen LogP contribution in [0.5, 0.6) is 5.75 Å². The molecule has 274 valence electrons. The van der Waals surface area contributed by atoms with E-state index in [1.54, 1.807) is 35.2 Å². The lowest BCUT2D eigenvalue weighted by molar-refractivity contribution is -0.137. The van der Waals surface area contributed by atoms with Crippen LogP contribution in [0, 0.1) is 17.8 Å². The van der Waals surface area contributed by atoms with Crippen LogP contribution in [0.1, 0.15) is 49.4 Å². The standard InChI is InChI=1S/C45H48NO6P/c1-3-5-21-41(47)45(53(35-15-9-6-10-16-35,36-17-11-7-12-18-36)37-19-13-8-14-20-37)40-31-43(49)38(4-2)39(40)30-42(48)33-22-24-34(25-23-33)52-32-44(50)46-26-28-51-29-27-46/h3,6-20,22-25,38-40H,1,4-5,21,26-32H2,2H3/t38-,39?,40?/m1/s1. The van der Waals surface area contributed by atoms with Crippen molar-refractivity contribution >= 4 is 51.4 Å². The van der Waals surface area contributed by atoms with Crippen molar-refractivity contribution in [3.05, 3.63) is 133 Å². The van der Waals surface area contributed by atoms with Crippen molar-refractivity contribution in [3.63, 3.8) is 0 Å². The maximum Gasteiger partial charge on any atom is 0.260 e. The molecule has 1 amide bonds. The highest BCUT2D eigenvalue weighted by Crippen LogP contribution is 2.52. The van der Waals surface area contributed by atoms with Gasteiger partial charge in [-0.15, -0.1) is 6.58 Å². The fraction of sp³-hybridized carbons (Fsp3) is 0.311. The molecule has 4 aromatic rings. The molecule has 2 aliphatic rings. The molecule has 0 spiro atoms.